The third-order valence-electron chi connectivity index (χ3n) is 3.28. The molecule has 2 heterocycles. The normalized spacial score (nSPS) is 14.0. The summed E-state index contributed by atoms with van der Waals surface area (Å²) in [6.45, 7) is 0.423. The molecule has 1 aromatic carbocycles. The van der Waals surface area contributed by atoms with Gasteiger partial charge >= 0.3 is 0 Å². The quantitative estimate of drug-likeness (QED) is 0.762. The first-order chi connectivity index (χ1) is 11.5. The molecular weight excluding hydrogens is 352 g/mol. The van der Waals surface area contributed by atoms with Gasteiger partial charge in [0, 0.05) is 10.7 Å². The number of nitrogens with zero attached hydrogens (tertiary/aromatic N) is 4. The van der Waals surface area contributed by atoms with Gasteiger partial charge in [0.25, 0.3) is 0 Å². The molecule has 0 atom stereocenters. The molecule has 0 aliphatic carbocycles. The van der Waals surface area contributed by atoms with Crippen LogP contribution in [0.5, 0.6) is 0 Å². The summed E-state index contributed by atoms with van der Waals surface area (Å²) in [5, 5.41) is 14.3. The van der Waals surface area contributed by atoms with E-state index in [9.17, 15) is 9.59 Å². The summed E-state index contributed by atoms with van der Waals surface area (Å²) in [7, 11) is 0. The zero-order chi connectivity index (χ0) is 17.1. The highest BCUT2D eigenvalue weighted by Gasteiger charge is 2.26. The molecule has 1 saturated heterocycles. The van der Waals surface area contributed by atoms with Crippen molar-refractivity contribution in [3.8, 4) is 0 Å². The highest BCUT2D eigenvalue weighted by atomic mass is 35.5. The number of amides is 2. The molecule has 3 rings (SSSR count). The Labute approximate surface area is 147 Å². The van der Waals surface area contributed by atoms with Crippen molar-refractivity contribution in [1.82, 2.24) is 25.2 Å². The van der Waals surface area contributed by atoms with Crippen molar-refractivity contribution in [2.45, 2.75) is 13.1 Å². The highest BCUT2D eigenvalue weighted by molar-refractivity contribution is 7.80. The van der Waals surface area contributed by atoms with Crippen LogP contribution in [0.4, 0.5) is 5.69 Å². The molecule has 2 aromatic rings. The van der Waals surface area contributed by atoms with Gasteiger partial charge in [-0.1, -0.05) is 16.8 Å². The van der Waals surface area contributed by atoms with Gasteiger partial charge in [0.2, 0.25) is 11.8 Å². The van der Waals surface area contributed by atoms with Crippen molar-refractivity contribution in [3.05, 3.63) is 41.2 Å². The minimum atomic E-state index is -0.247. The molecule has 0 saturated carbocycles. The van der Waals surface area contributed by atoms with Gasteiger partial charge in [0.05, 0.1) is 19.3 Å². The van der Waals surface area contributed by atoms with Crippen LogP contribution in [0.1, 0.15) is 5.69 Å². The lowest BCUT2D eigenvalue weighted by Gasteiger charge is -2.11. The SMILES string of the molecule is O=C(Cn1cc(CN2C(=O)CNC2=S)nn1)Nc1ccc(Cl)cc1. The Bertz CT molecular complexity index is 775. The van der Waals surface area contributed by atoms with E-state index in [2.05, 4.69) is 20.9 Å². The fourth-order valence-electron chi connectivity index (χ4n) is 2.15. The number of carbonyl (C=O) groups excluding carboxylic acids is 2. The fourth-order valence-corrected chi connectivity index (χ4v) is 2.51. The largest absolute Gasteiger partial charge is 0.353 e. The molecule has 0 bridgehead atoms. The van der Waals surface area contributed by atoms with Crippen molar-refractivity contribution in [3.63, 3.8) is 0 Å². The van der Waals surface area contributed by atoms with E-state index in [4.69, 9.17) is 23.8 Å². The molecule has 1 aromatic heterocycles. The molecule has 0 spiro atoms. The number of carbonyl (C=O) groups is 2. The standard InChI is InChI=1S/C14H13ClN6O2S/c15-9-1-3-10(4-2-9)17-12(22)8-20-6-11(18-19-20)7-21-13(23)5-16-14(21)24/h1-4,6H,5,7-8H2,(H,16,24)(H,17,22). The summed E-state index contributed by atoms with van der Waals surface area (Å²) in [5.74, 6) is -0.363. The Kier molecular flexibility index (Phi) is 4.72. The van der Waals surface area contributed by atoms with Gasteiger partial charge in [-0.15, -0.1) is 5.10 Å². The number of aromatic nitrogens is 3. The molecule has 1 aliphatic heterocycles. The van der Waals surface area contributed by atoms with E-state index in [1.54, 1.807) is 30.5 Å². The van der Waals surface area contributed by atoms with Crippen LogP contribution in [-0.2, 0) is 22.7 Å². The van der Waals surface area contributed by atoms with E-state index in [1.807, 2.05) is 0 Å². The van der Waals surface area contributed by atoms with E-state index in [0.29, 0.717) is 21.5 Å². The molecule has 10 heteroatoms. The van der Waals surface area contributed by atoms with Gasteiger partial charge in [-0.2, -0.15) is 0 Å². The zero-order valence-corrected chi connectivity index (χ0v) is 14.0. The highest BCUT2D eigenvalue weighted by Crippen LogP contribution is 2.13. The monoisotopic (exact) mass is 364 g/mol. The predicted octanol–water partition coefficient (Wildman–Crippen LogP) is 0.787. The van der Waals surface area contributed by atoms with Gasteiger partial charge in [-0.05, 0) is 36.5 Å². The van der Waals surface area contributed by atoms with Crippen LogP contribution in [0.15, 0.2) is 30.5 Å². The number of anilines is 1. The van der Waals surface area contributed by atoms with Crippen LogP contribution in [0.25, 0.3) is 0 Å². The van der Waals surface area contributed by atoms with Crippen LogP contribution in [0.2, 0.25) is 5.02 Å². The molecule has 2 N–H and O–H groups in total. The molecular formula is C14H13ClN6O2S. The lowest BCUT2D eigenvalue weighted by Crippen LogP contribution is -2.30. The number of nitrogens with one attached hydrogen (secondary N) is 2. The van der Waals surface area contributed by atoms with Crippen LogP contribution in [-0.4, -0.2) is 43.4 Å². The Morgan fingerprint density at radius 3 is 2.79 bits per heavy atom. The van der Waals surface area contributed by atoms with Crippen LogP contribution < -0.4 is 10.6 Å². The topological polar surface area (TPSA) is 92.2 Å². The number of thiocarbonyl (C=S) groups is 1. The van der Waals surface area contributed by atoms with E-state index in [0.717, 1.165) is 0 Å². The first kappa shape index (κ1) is 16.3. The van der Waals surface area contributed by atoms with Gasteiger partial charge in [0.1, 0.15) is 12.2 Å². The van der Waals surface area contributed by atoms with Crippen molar-refractivity contribution in [2.24, 2.45) is 0 Å². The molecule has 24 heavy (non-hydrogen) atoms. The maximum Gasteiger partial charge on any atom is 0.248 e. The fraction of sp³-hybridized carbons (Fsp3) is 0.214. The summed E-state index contributed by atoms with van der Waals surface area (Å²) in [6.07, 6.45) is 1.61. The summed E-state index contributed by atoms with van der Waals surface area (Å²) in [6, 6.07) is 6.79. The van der Waals surface area contributed by atoms with Crippen molar-refractivity contribution in [2.75, 3.05) is 11.9 Å². The molecule has 1 fully saturated rings. The number of hydrogen-bond acceptors (Lipinski definition) is 5. The average molecular weight is 365 g/mol. The van der Waals surface area contributed by atoms with Crippen molar-refractivity contribution >= 4 is 46.4 Å². The van der Waals surface area contributed by atoms with Gasteiger partial charge in [-0.3, -0.25) is 14.5 Å². The maximum absolute atomic E-state index is 12.0. The minimum Gasteiger partial charge on any atom is -0.353 e. The first-order valence-corrected chi connectivity index (χ1v) is 7.82. The summed E-state index contributed by atoms with van der Waals surface area (Å²) in [4.78, 5) is 25.1. The second kappa shape index (κ2) is 6.93. The third-order valence-corrected chi connectivity index (χ3v) is 3.89. The smallest absolute Gasteiger partial charge is 0.248 e. The molecule has 2 amide bonds. The van der Waals surface area contributed by atoms with E-state index < -0.39 is 0 Å². The lowest BCUT2D eigenvalue weighted by molar-refractivity contribution is -0.125. The van der Waals surface area contributed by atoms with Crippen molar-refractivity contribution in [1.29, 1.82) is 0 Å². The average Bonchev–Trinajstić information content (AvgIpc) is 3.11. The lowest BCUT2D eigenvalue weighted by atomic mass is 10.3. The van der Waals surface area contributed by atoms with Crippen LogP contribution >= 0.6 is 23.8 Å². The molecule has 8 nitrogen and oxygen atoms in total. The molecule has 0 unspecified atom stereocenters. The van der Waals surface area contributed by atoms with Crippen LogP contribution in [0.3, 0.4) is 0 Å². The zero-order valence-electron chi connectivity index (χ0n) is 12.4. The maximum atomic E-state index is 12.0. The molecule has 1 aliphatic rings. The number of hydrogen-bond donors (Lipinski definition) is 2. The summed E-state index contributed by atoms with van der Waals surface area (Å²) in [5.41, 5.74) is 1.19. The Morgan fingerprint density at radius 1 is 1.38 bits per heavy atom. The number of rotatable bonds is 5. The van der Waals surface area contributed by atoms with Gasteiger partial charge in [-0.25, -0.2) is 4.68 Å². The van der Waals surface area contributed by atoms with Gasteiger partial charge < -0.3 is 10.6 Å². The second-order valence-electron chi connectivity index (χ2n) is 5.10. The minimum absolute atomic E-state index is 0.00622. The Balaban J connectivity index is 1.57. The second-order valence-corrected chi connectivity index (χ2v) is 5.92. The summed E-state index contributed by atoms with van der Waals surface area (Å²) >= 11 is 10.8. The Hall–Kier alpha value is -2.52. The number of halogens is 1. The van der Waals surface area contributed by atoms with E-state index in [-0.39, 0.29) is 31.4 Å². The van der Waals surface area contributed by atoms with Crippen molar-refractivity contribution < 1.29 is 9.59 Å². The van der Waals surface area contributed by atoms with Gasteiger partial charge in [0.15, 0.2) is 5.11 Å². The van der Waals surface area contributed by atoms with Crippen LogP contribution in [0, 0.1) is 0 Å². The van der Waals surface area contributed by atoms with E-state index >= 15 is 0 Å². The predicted molar refractivity (Wildman–Crippen MR) is 91.3 cm³/mol. The third kappa shape index (κ3) is 3.87. The van der Waals surface area contributed by atoms with E-state index in [1.165, 1.54) is 9.58 Å². The first-order valence-electron chi connectivity index (χ1n) is 7.04. The Morgan fingerprint density at radius 2 is 2.12 bits per heavy atom. The summed E-state index contributed by atoms with van der Waals surface area (Å²) < 4.78 is 1.40. The molecule has 0 radical (unpaired) electrons. The number of benzene rings is 1. The molecule has 124 valence electrons.